The number of hydrogen-bond donors (Lipinski definition) is 1. The number of carbonyl (C=O) groups is 2. The maximum atomic E-state index is 12.9. The van der Waals surface area contributed by atoms with Crippen LogP contribution in [0.5, 0.6) is 0 Å². The van der Waals surface area contributed by atoms with Gasteiger partial charge >= 0.3 is 0 Å². The fourth-order valence-electron chi connectivity index (χ4n) is 3.86. The van der Waals surface area contributed by atoms with Crippen molar-refractivity contribution < 1.29 is 9.59 Å². The minimum Gasteiger partial charge on any atom is -0.331 e. The molecule has 3 rings (SSSR count). The number of piperidine rings is 1. The average molecular weight is 397 g/mol. The van der Waals surface area contributed by atoms with Crippen molar-refractivity contribution in [2.45, 2.75) is 65.8 Å². The number of carbonyl (C=O) groups excluding carboxylic acids is 2. The van der Waals surface area contributed by atoms with Gasteiger partial charge in [-0.1, -0.05) is 13.8 Å². The molecule has 0 aliphatic carbocycles. The largest absolute Gasteiger partial charge is 0.331 e. The van der Waals surface area contributed by atoms with Crippen LogP contribution in [0, 0.1) is 19.8 Å². The SMILES string of the molecule is Cc1cc(C)n(-c2ccc(NC(=O)C3CCCCN3C(=O)CCC(C)C)cc2)n1. The van der Waals surface area contributed by atoms with Gasteiger partial charge in [-0.15, -0.1) is 0 Å². The zero-order valence-corrected chi connectivity index (χ0v) is 17.9. The number of nitrogens with zero attached hydrogens (tertiary/aromatic N) is 3. The average Bonchev–Trinajstić information content (AvgIpc) is 3.04. The second kappa shape index (κ2) is 9.25. The number of benzene rings is 1. The molecular formula is C23H32N4O2. The minimum atomic E-state index is -0.376. The van der Waals surface area contributed by atoms with Crippen molar-refractivity contribution in [2.24, 2.45) is 5.92 Å². The maximum Gasteiger partial charge on any atom is 0.247 e. The molecule has 1 unspecified atom stereocenters. The first-order valence-electron chi connectivity index (χ1n) is 10.6. The molecule has 6 heteroatoms. The molecule has 2 aromatic rings. The third kappa shape index (κ3) is 5.25. The number of anilines is 1. The lowest BCUT2D eigenvalue weighted by Gasteiger charge is -2.35. The maximum absolute atomic E-state index is 12.9. The number of aromatic nitrogens is 2. The zero-order chi connectivity index (χ0) is 21.0. The molecule has 1 atom stereocenters. The highest BCUT2D eigenvalue weighted by Crippen LogP contribution is 2.22. The van der Waals surface area contributed by atoms with E-state index in [0.29, 0.717) is 18.9 Å². The molecule has 156 valence electrons. The number of nitrogens with one attached hydrogen (secondary N) is 1. The second-order valence-electron chi connectivity index (χ2n) is 8.41. The van der Waals surface area contributed by atoms with Gasteiger partial charge in [0, 0.05) is 24.3 Å². The van der Waals surface area contributed by atoms with Gasteiger partial charge in [-0.25, -0.2) is 4.68 Å². The van der Waals surface area contributed by atoms with E-state index in [1.165, 1.54) is 0 Å². The van der Waals surface area contributed by atoms with Gasteiger partial charge in [0.05, 0.1) is 11.4 Å². The van der Waals surface area contributed by atoms with Crippen molar-refractivity contribution >= 4 is 17.5 Å². The monoisotopic (exact) mass is 396 g/mol. The van der Waals surface area contributed by atoms with Crippen molar-refractivity contribution in [1.29, 1.82) is 0 Å². The molecule has 29 heavy (non-hydrogen) atoms. The highest BCUT2D eigenvalue weighted by Gasteiger charge is 2.31. The second-order valence-corrected chi connectivity index (χ2v) is 8.41. The topological polar surface area (TPSA) is 67.2 Å². The number of rotatable bonds is 6. The Labute approximate surface area is 173 Å². The summed E-state index contributed by atoms with van der Waals surface area (Å²) < 4.78 is 1.89. The van der Waals surface area contributed by atoms with Crippen LogP contribution in [-0.2, 0) is 9.59 Å². The molecule has 6 nitrogen and oxygen atoms in total. The lowest BCUT2D eigenvalue weighted by atomic mass is 9.99. The summed E-state index contributed by atoms with van der Waals surface area (Å²) >= 11 is 0. The molecule has 0 spiro atoms. The molecule has 0 bridgehead atoms. The van der Waals surface area contributed by atoms with E-state index >= 15 is 0 Å². The van der Waals surface area contributed by atoms with E-state index in [2.05, 4.69) is 24.3 Å². The Balaban J connectivity index is 1.66. The van der Waals surface area contributed by atoms with E-state index < -0.39 is 0 Å². The first-order chi connectivity index (χ1) is 13.8. The number of amides is 2. The summed E-state index contributed by atoms with van der Waals surface area (Å²) in [5.41, 5.74) is 3.73. The van der Waals surface area contributed by atoms with E-state index in [1.807, 2.05) is 48.9 Å². The molecule has 1 aliphatic heterocycles. The van der Waals surface area contributed by atoms with E-state index in [4.69, 9.17) is 0 Å². The predicted octanol–water partition coefficient (Wildman–Crippen LogP) is 4.24. The van der Waals surface area contributed by atoms with Crippen LogP contribution in [0.1, 0.15) is 57.3 Å². The Morgan fingerprint density at radius 2 is 1.90 bits per heavy atom. The Hall–Kier alpha value is -2.63. The normalized spacial score (nSPS) is 16.9. The predicted molar refractivity (Wildman–Crippen MR) is 115 cm³/mol. The summed E-state index contributed by atoms with van der Waals surface area (Å²) in [4.78, 5) is 27.3. The van der Waals surface area contributed by atoms with Gasteiger partial charge in [-0.2, -0.15) is 5.10 Å². The molecular weight excluding hydrogens is 364 g/mol. The van der Waals surface area contributed by atoms with Gasteiger partial charge in [0.1, 0.15) is 6.04 Å². The minimum absolute atomic E-state index is 0.0958. The fourth-order valence-corrected chi connectivity index (χ4v) is 3.86. The molecule has 1 fully saturated rings. The lowest BCUT2D eigenvalue weighted by molar-refractivity contribution is -0.140. The smallest absolute Gasteiger partial charge is 0.247 e. The summed E-state index contributed by atoms with van der Waals surface area (Å²) in [5.74, 6) is 0.483. The zero-order valence-electron chi connectivity index (χ0n) is 17.9. The Morgan fingerprint density at radius 3 is 2.52 bits per heavy atom. The molecule has 2 heterocycles. The van der Waals surface area contributed by atoms with Crippen molar-refractivity contribution in [3.8, 4) is 5.69 Å². The highest BCUT2D eigenvalue weighted by molar-refractivity contribution is 5.97. The third-order valence-electron chi connectivity index (χ3n) is 5.45. The molecule has 1 N–H and O–H groups in total. The Morgan fingerprint density at radius 1 is 1.17 bits per heavy atom. The van der Waals surface area contributed by atoms with Crippen molar-refractivity contribution in [3.63, 3.8) is 0 Å². The van der Waals surface area contributed by atoms with Gasteiger partial charge in [0.2, 0.25) is 11.8 Å². The van der Waals surface area contributed by atoms with Crippen molar-refractivity contribution in [2.75, 3.05) is 11.9 Å². The van der Waals surface area contributed by atoms with E-state index in [1.54, 1.807) is 4.90 Å². The van der Waals surface area contributed by atoms with Crippen molar-refractivity contribution in [1.82, 2.24) is 14.7 Å². The fraction of sp³-hybridized carbons (Fsp3) is 0.522. The molecule has 0 saturated carbocycles. The summed E-state index contributed by atoms with van der Waals surface area (Å²) in [6, 6.07) is 9.32. The molecule has 1 saturated heterocycles. The molecule has 1 aliphatic rings. The van der Waals surface area contributed by atoms with Crippen LogP contribution >= 0.6 is 0 Å². The van der Waals surface area contributed by atoms with E-state index in [-0.39, 0.29) is 17.9 Å². The van der Waals surface area contributed by atoms with Gasteiger partial charge in [-0.05, 0) is 75.8 Å². The van der Waals surface area contributed by atoms with Crippen LogP contribution in [0.4, 0.5) is 5.69 Å². The Kier molecular flexibility index (Phi) is 6.72. The lowest BCUT2D eigenvalue weighted by Crippen LogP contribution is -2.50. The van der Waals surface area contributed by atoms with Gasteiger partial charge in [0.25, 0.3) is 0 Å². The third-order valence-corrected chi connectivity index (χ3v) is 5.45. The van der Waals surface area contributed by atoms with Gasteiger partial charge in [0.15, 0.2) is 0 Å². The van der Waals surface area contributed by atoms with Crippen LogP contribution < -0.4 is 5.32 Å². The summed E-state index contributed by atoms with van der Waals surface area (Å²) in [6.07, 6.45) is 4.04. The molecule has 1 aromatic carbocycles. The number of likely N-dealkylation sites (tertiary alicyclic amines) is 1. The standard InChI is InChI=1S/C23H32N4O2/c1-16(2)8-13-22(28)26-14-6-5-7-21(26)23(29)24-19-9-11-20(12-10-19)27-18(4)15-17(3)25-27/h9-12,15-16,21H,5-8,13-14H2,1-4H3,(H,24,29). The van der Waals surface area contributed by atoms with Crippen molar-refractivity contribution in [3.05, 3.63) is 41.7 Å². The Bertz CT molecular complexity index is 854. The summed E-state index contributed by atoms with van der Waals surface area (Å²) in [6.45, 7) is 8.89. The first kappa shape index (κ1) is 21.1. The first-order valence-corrected chi connectivity index (χ1v) is 10.6. The summed E-state index contributed by atoms with van der Waals surface area (Å²) in [5, 5.41) is 7.49. The van der Waals surface area contributed by atoms with E-state index in [9.17, 15) is 9.59 Å². The van der Waals surface area contributed by atoms with Gasteiger partial charge < -0.3 is 10.2 Å². The molecule has 1 aromatic heterocycles. The van der Waals surface area contributed by atoms with Crippen LogP contribution in [0.2, 0.25) is 0 Å². The van der Waals surface area contributed by atoms with Gasteiger partial charge in [-0.3, -0.25) is 9.59 Å². The van der Waals surface area contributed by atoms with Crippen LogP contribution in [0.3, 0.4) is 0 Å². The van der Waals surface area contributed by atoms with Crippen LogP contribution in [0.15, 0.2) is 30.3 Å². The van der Waals surface area contributed by atoms with Crippen LogP contribution in [0.25, 0.3) is 5.69 Å². The molecule has 0 radical (unpaired) electrons. The summed E-state index contributed by atoms with van der Waals surface area (Å²) in [7, 11) is 0. The van der Waals surface area contributed by atoms with E-state index in [0.717, 1.165) is 48.4 Å². The molecule has 2 amide bonds. The number of aryl methyl sites for hydroxylation is 2. The van der Waals surface area contributed by atoms with Crippen LogP contribution in [-0.4, -0.2) is 39.1 Å². The highest BCUT2D eigenvalue weighted by atomic mass is 16.2. The quantitative estimate of drug-likeness (QED) is 0.794. The number of hydrogen-bond acceptors (Lipinski definition) is 3.